The van der Waals surface area contributed by atoms with Crippen LogP contribution in [0.5, 0.6) is 0 Å². The quantitative estimate of drug-likeness (QED) is 0.575. The number of hydrogen-bond acceptors (Lipinski definition) is 4. The van der Waals surface area contributed by atoms with E-state index in [-0.39, 0.29) is 11.2 Å². The van der Waals surface area contributed by atoms with Crippen LogP contribution >= 0.6 is 0 Å². The molecule has 0 radical (unpaired) electrons. The van der Waals surface area contributed by atoms with Gasteiger partial charge in [0, 0.05) is 6.20 Å². The molecule has 0 bridgehead atoms. The number of nitrogens with two attached hydrogens (primary N) is 1. The van der Waals surface area contributed by atoms with E-state index in [1.807, 2.05) is 0 Å². The van der Waals surface area contributed by atoms with Crippen molar-refractivity contribution in [3.05, 3.63) is 34.9 Å². The molecule has 0 spiro atoms. The lowest BCUT2D eigenvalue weighted by atomic mass is 10.5. The molecule has 0 saturated heterocycles. The van der Waals surface area contributed by atoms with Crippen molar-refractivity contribution in [1.29, 1.82) is 0 Å². The zero-order valence-corrected chi connectivity index (χ0v) is 6.14. The number of aromatic nitrogens is 3. The molecule has 2 rings (SSSR count). The Labute approximate surface area is 67.5 Å². The highest BCUT2D eigenvalue weighted by atomic mass is 16.1. The zero-order chi connectivity index (χ0) is 8.55. The number of hydrogen-bond donors (Lipinski definition) is 1. The van der Waals surface area contributed by atoms with Crippen molar-refractivity contribution in [3.63, 3.8) is 0 Å². The highest BCUT2D eigenvalue weighted by Gasteiger charge is 1.99. The summed E-state index contributed by atoms with van der Waals surface area (Å²) in [5.41, 5.74) is 5.62. The summed E-state index contributed by atoms with van der Waals surface area (Å²) < 4.78 is 1.16. The van der Waals surface area contributed by atoms with Crippen LogP contribution in [0.15, 0.2) is 29.3 Å². The lowest BCUT2D eigenvalue weighted by Crippen LogP contribution is -2.19. The number of anilines is 1. The summed E-state index contributed by atoms with van der Waals surface area (Å²) >= 11 is 0. The molecule has 0 atom stereocenters. The molecule has 0 aliphatic carbocycles. The van der Waals surface area contributed by atoms with Crippen LogP contribution in [0.4, 0.5) is 5.69 Å². The summed E-state index contributed by atoms with van der Waals surface area (Å²) in [5.74, 6) is 0. The Kier molecular flexibility index (Phi) is 1.30. The van der Waals surface area contributed by atoms with Crippen LogP contribution in [0, 0.1) is 0 Å². The molecule has 60 valence electrons. The molecule has 0 aromatic carbocycles. The van der Waals surface area contributed by atoms with Crippen LogP contribution in [0.3, 0.4) is 0 Å². The third-order valence-electron chi connectivity index (χ3n) is 1.51. The normalized spacial score (nSPS) is 10.3. The van der Waals surface area contributed by atoms with E-state index in [2.05, 4.69) is 10.1 Å². The maximum atomic E-state index is 11.3. The summed E-state index contributed by atoms with van der Waals surface area (Å²) in [6.07, 6.45) is 2.84. The van der Waals surface area contributed by atoms with Crippen molar-refractivity contribution in [1.82, 2.24) is 14.6 Å². The lowest BCUT2D eigenvalue weighted by molar-refractivity contribution is 0.870. The highest BCUT2D eigenvalue weighted by molar-refractivity contribution is 5.41. The van der Waals surface area contributed by atoms with E-state index < -0.39 is 0 Å². The molecule has 0 unspecified atom stereocenters. The molecular weight excluding hydrogens is 156 g/mol. The minimum absolute atomic E-state index is 0.103. The van der Waals surface area contributed by atoms with Gasteiger partial charge in [0.1, 0.15) is 5.69 Å². The van der Waals surface area contributed by atoms with Gasteiger partial charge in [0.2, 0.25) is 0 Å². The van der Waals surface area contributed by atoms with Crippen LogP contribution < -0.4 is 11.3 Å². The van der Waals surface area contributed by atoms with E-state index in [4.69, 9.17) is 5.73 Å². The summed E-state index contributed by atoms with van der Waals surface area (Å²) in [6, 6.07) is 3.39. The molecule has 0 amide bonds. The van der Waals surface area contributed by atoms with Crippen molar-refractivity contribution in [2.24, 2.45) is 0 Å². The molecule has 5 heteroatoms. The Balaban J connectivity index is 3.01. The van der Waals surface area contributed by atoms with E-state index in [9.17, 15) is 4.79 Å². The Bertz CT molecular complexity index is 476. The average Bonchev–Trinajstić information content (AvgIpc) is 2.12. The molecule has 0 saturated carbocycles. The van der Waals surface area contributed by atoms with Gasteiger partial charge < -0.3 is 5.73 Å². The molecule has 2 aromatic rings. The molecule has 12 heavy (non-hydrogen) atoms. The number of nitrogen functional groups attached to an aromatic ring is 1. The van der Waals surface area contributed by atoms with Crippen molar-refractivity contribution >= 4 is 11.3 Å². The van der Waals surface area contributed by atoms with Gasteiger partial charge in [-0.1, -0.05) is 0 Å². The molecule has 2 N–H and O–H groups in total. The first-order valence-electron chi connectivity index (χ1n) is 3.37. The monoisotopic (exact) mass is 162 g/mol. The van der Waals surface area contributed by atoms with Gasteiger partial charge in [-0.15, -0.1) is 0 Å². The number of nitrogens with zero attached hydrogens (tertiary/aromatic N) is 3. The topological polar surface area (TPSA) is 73.3 Å². The Morgan fingerprint density at radius 2 is 2.33 bits per heavy atom. The second-order valence-electron chi connectivity index (χ2n) is 2.31. The first-order chi connectivity index (χ1) is 5.79. The molecule has 2 aromatic heterocycles. The predicted octanol–water partition coefficient (Wildman–Crippen LogP) is -0.328. The SMILES string of the molecule is Nc1cnc2cccnn2c1=O. The molecule has 0 aliphatic heterocycles. The lowest BCUT2D eigenvalue weighted by Gasteiger charge is -1.96. The Morgan fingerprint density at radius 3 is 3.17 bits per heavy atom. The van der Waals surface area contributed by atoms with Crippen molar-refractivity contribution in [2.75, 3.05) is 5.73 Å². The van der Waals surface area contributed by atoms with Gasteiger partial charge in [-0.3, -0.25) is 4.79 Å². The van der Waals surface area contributed by atoms with E-state index in [1.54, 1.807) is 12.1 Å². The molecular formula is C7H6N4O. The highest BCUT2D eigenvalue weighted by Crippen LogP contribution is 1.94. The molecule has 0 aliphatic rings. The maximum Gasteiger partial charge on any atom is 0.297 e. The Hall–Kier alpha value is -1.91. The van der Waals surface area contributed by atoms with Gasteiger partial charge in [-0.05, 0) is 12.1 Å². The van der Waals surface area contributed by atoms with Crippen LogP contribution in [0.25, 0.3) is 5.65 Å². The average molecular weight is 162 g/mol. The molecule has 2 heterocycles. The minimum Gasteiger partial charge on any atom is -0.393 e. The van der Waals surface area contributed by atoms with Crippen LogP contribution in [0.2, 0.25) is 0 Å². The Morgan fingerprint density at radius 1 is 1.50 bits per heavy atom. The minimum atomic E-state index is -0.333. The van der Waals surface area contributed by atoms with Gasteiger partial charge in [-0.25, -0.2) is 4.98 Å². The first-order valence-corrected chi connectivity index (χ1v) is 3.37. The van der Waals surface area contributed by atoms with Gasteiger partial charge in [0.05, 0.1) is 6.20 Å². The van der Waals surface area contributed by atoms with Gasteiger partial charge >= 0.3 is 0 Å². The van der Waals surface area contributed by atoms with Crippen molar-refractivity contribution < 1.29 is 0 Å². The fraction of sp³-hybridized carbons (Fsp3) is 0. The third kappa shape index (κ3) is 0.833. The van der Waals surface area contributed by atoms with E-state index in [0.29, 0.717) is 5.65 Å². The third-order valence-corrected chi connectivity index (χ3v) is 1.51. The van der Waals surface area contributed by atoms with Gasteiger partial charge in [0.25, 0.3) is 5.56 Å². The van der Waals surface area contributed by atoms with E-state index in [0.717, 1.165) is 4.52 Å². The van der Waals surface area contributed by atoms with Gasteiger partial charge in [0.15, 0.2) is 5.65 Å². The number of fused-ring (bicyclic) bond motifs is 1. The zero-order valence-electron chi connectivity index (χ0n) is 6.14. The van der Waals surface area contributed by atoms with Crippen LogP contribution in [-0.2, 0) is 0 Å². The summed E-state index contributed by atoms with van der Waals surface area (Å²) in [6.45, 7) is 0. The smallest absolute Gasteiger partial charge is 0.297 e. The fourth-order valence-corrected chi connectivity index (χ4v) is 0.931. The van der Waals surface area contributed by atoms with Crippen molar-refractivity contribution in [2.45, 2.75) is 0 Å². The van der Waals surface area contributed by atoms with E-state index >= 15 is 0 Å². The second kappa shape index (κ2) is 2.30. The van der Waals surface area contributed by atoms with E-state index in [1.165, 1.54) is 12.4 Å². The second-order valence-corrected chi connectivity index (χ2v) is 2.31. The summed E-state index contributed by atoms with van der Waals surface area (Å²) in [4.78, 5) is 15.2. The summed E-state index contributed by atoms with van der Waals surface area (Å²) in [7, 11) is 0. The largest absolute Gasteiger partial charge is 0.393 e. The standard InChI is InChI=1S/C7H6N4O/c8-5-4-9-6-2-1-3-10-11(6)7(5)12/h1-4H,8H2. The maximum absolute atomic E-state index is 11.3. The predicted molar refractivity (Wildman–Crippen MR) is 43.7 cm³/mol. The van der Waals surface area contributed by atoms with Crippen molar-refractivity contribution in [3.8, 4) is 0 Å². The molecule has 0 fully saturated rings. The van der Waals surface area contributed by atoms with Crippen LogP contribution in [0.1, 0.15) is 0 Å². The first kappa shape index (κ1) is 6.78. The van der Waals surface area contributed by atoms with Gasteiger partial charge in [-0.2, -0.15) is 9.61 Å². The summed E-state index contributed by atoms with van der Waals surface area (Å²) in [5, 5.41) is 3.80. The number of rotatable bonds is 0. The fourth-order valence-electron chi connectivity index (χ4n) is 0.931. The van der Waals surface area contributed by atoms with Crippen LogP contribution in [-0.4, -0.2) is 14.6 Å². The molecule has 5 nitrogen and oxygen atoms in total.